The Morgan fingerprint density at radius 1 is 1.57 bits per heavy atom. The molecule has 0 amide bonds. The molecule has 0 spiro atoms. The number of rotatable bonds is 8. The van der Waals surface area contributed by atoms with Crippen LogP contribution in [0.1, 0.15) is 19.8 Å². The molecule has 0 aromatic heterocycles. The zero-order valence-corrected chi connectivity index (χ0v) is 9.81. The van der Waals surface area contributed by atoms with E-state index in [-0.39, 0.29) is 5.92 Å². The summed E-state index contributed by atoms with van der Waals surface area (Å²) in [4.78, 5) is 0. The molecule has 5 heteroatoms. The molecule has 0 saturated heterocycles. The van der Waals surface area contributed by atoms with Crippen molar-refractivity contribution in [3.63, 3.8) is 0 Å². The molecule has 0 bridgehead atoms. The molecule has 0 heterocycles. The van der Waals surface area contributed by atoms with Crippen LogP contribution in [0.3, 0.4) is 0 Å². The van der Waals surface area contributed by atoms with E-state index in [9.17, 15) is 0 Å². The molecular formula is C9H21N3OS. The summed E-state index contributed by atoms with van der Waals surface area (Å²) in [5, 5.41) is 14.7. The first-order chi connectivity index (χ1) is 6.72. The van der Waals surface area contributed by atoms with Crippen molar-refractivity contribution in [1.29, 1.82) is 0 Å². The largest absolute Gasteiger partial charge is 0.409 e. The van der Waals surface area contributed by atoms with E-state index in [1.54, 1.807) is 0 Å². The Morgan fingerprint density at radius 2 is 2.29 bits per heavy atom. The SMILES string of the molecule is CSCCCCNCC(C)C(N)=NO. The lowest BCUT2D eigenvalue weighted by atomic mass is 10.1. The van der Waals surface area contributed by atoms with Crippen molar-refractivity contribution < 1.29 is 5.21 Å². The third-order valence-corrected chi connectivity index (χ3v) is 2.72. The van der Waals surface area contributed by atoms with Gasteiger partial charge in [0.2, 0.25) is 0 Å². The zero-order valence-electron chi connectivity index (χ0n) is 8.99. The fraction of sp³-hybridized carbons (Fsp3) is 0.889. The predicted molar refractivity (Wildman–Crippen MR) is 63.1 cm³/mol. The first kappa shape index (κ1) is 13.6. The lowest BCUT2D eigenvalue weighted by Gasteiger charge is -2.10. The molecule has 0 saturated carbocycles. The topological polar surface area (TPSA) is 70.6 Å². The third-order valence-electron chi connectivity index (χ3n) is 2.02. The second-order valence-corrected chi connectivity index (χ2v) is 4.32. The van der Waals surface area contributed by atoms with Gasteiger partial charge in [0, 0.05) is 12.5 Å². The van der Waals surface area contributed by atoms with Gasteiger partial charge >= 0.3 is 0 Å². The molecule has 14 heavy (non-hydrogen) atoms. The number of unbranched alkanes of at least 4 members (excludes halogenated alkanes) is 1. The lowest BCUT2D eigenvalue weighted by Crippen LogP contribution is -2.31. The maximum absolute atomic E-state index is 8.41. The van der Waals surface area contributed by atoms with Crippen molar-refractivity contribution in [3.05, 3.63) is 0 Å². The van der Waals surface area contributed by atoms with E-state index in [0.717, 1.165) is 13.1 Å². The molecule has 84 valence electrons. The molecule has 4 N–H and O–H groups in total. The van der Waals surface area contributed by atoms with Crippen molar-refractivity contribution in [2.24, 2.45) is 16.8 Å². The van der Waals surface area contributed by atoms with E-state index in [4.69, 9.17) is 10.9 Å². The number of nitrogens with zero attached hydrogens (tertiary/aromatic N) is 1. The minimum atomic E-state index is 0.0977. The van der Waals surface area contributed by atoms with E-state index in [0.29, 0.717) is 5.84 Å². The van der Waals surface area contributed by atoms with Crippen LogP contribution in [0.15, 0.2) is 5.16 Å². The van der Waals surface area contributed by atoms with Crippen LogP contribution in [0.2, 0.25) is 0 Å². The molecule has 1 unspecified atom stereocenters. The number of hydrogen-bond acceptors (Lipinski definition) is 4. The third kappa shape index (κ3) is 7.03. The number of amidine groups is 1. The van der Waals surface area contributed by atoms with Gasteiger partial charge in [-0.05, 0) is 31.4 Å². The number of nitrogens with two attached hydrogens (primary N) is 1. The highest BCUT2D eigenvalue weighted by molar-refractivity contribution is 7.98. The Bertz CT molecular complexity index is 164. The van der Waals surface area contributed by atoms with Gasteiger partial charge in [0.15, 0.2) is 0 Å². The van der Waals surface area contributed by atoms with Crippen LogP contribution in [-0.4, -0.2) is 36.1 Å². The number of oxime groups is 1. The average molecular weight is 219 g/mol. The van der Waals surface area contributed by atoms with E-state index in [1.165, 1.54) is 18.6 Å². The summed E-state index contributed by atoms with van der Waals surface area (Å²) in [6.45, 7) is 3.71. The van der Waals surface area contributed by atoms with Crippen LogP contribution in [0.4, 0.5) is 0 Å². The van der Waals surface area contributed by atoms with Crippen LogP contribution in [-0.2, 0) is 0 Å². The van der Waals surface area contributed by atoms with Crippen LogP contribution in [0.5, 0.6) is 0 Å². The van der Waals surface area contributed by atoms with Crippen LogP contribution < -0.4 is 11.1 Å². The van der Waals surface area contributed by atoms with E-state index < -0.39 is 0 Å². The smallest absolute Gasteiger partial charge is 0.143 e. The molecular weight excluding hydrogens is 198 g/mol. The summed E-state index contributed by atoms with van der Waals surface area (Å²) in [6, 6.07) is 0. The van der Waals surface area contributed by atoms with Gasteiger partial charge in [0.05, 0.1) is 0 Å². The summed E-state index contributed by atoms with van der Waals surface area (Å²) in [5.74, 6) is 1.61. The minimum Gasteiger partial charge on any atom is -0.409 e. The standard InChI is InChI=1S/C9H21N3OS/c1-8(9(10)12-13)7-11-5-3-4-6-14-2/h8,11,13H,3-7H2,1-2H3,(H2,10,12). The summed E-state index contributed by atoms with van der Waals surface area (Å²) >= 11 is 1.87. The molecule has 4 nitrogen and oxygen atoms in total. The summed E-state index contributed by atoms with van der Waals surface area (Å²) in [6.07, 6.45) is 4.55. The lowest BCUT2D eigenvalue weighted by molar-refractivity contribution is 0.314. The number of thioether (sulfide) groups is 1. The zero-order chi connectivity index (χ0) is 10.8. The van der Waals surface area contributed by atoms with Gasteiger partial charge in [-0.15, -0.1) is 0 Å². The van der Waals surface area contributed by atoms with Gasteiger partial charge in [-0.1, -0.05) is 12.1 Å². The molecule has 0 aromatic rings. The normalized spacial score (nSPS) is 14.3. The molecule has 0 fully saturated rings. The van der Waals surface area contributed by atoms with Crippen molar-refractivity contribution >= 4 is 17.6 Å². The highest BCUT2D eigenvalue weighted by Crippen LogP contribution is 1.98. The monoisotopic (exact) mass is 219 g/mol. The van der Waals surface area contributed by atoms with Gasteiger partial charge in [-0.2, -0.15) is 11.8 Å². The fourth-order valence-electron chi connectivity index (χ4n) is 1.02. The molecule has 1 atom stereocenters. The number of nitrogens with one attached hydrogen (secondary N) is 1. The molecule has 0 aliphatic carbocycles. The fourth-order valence-corrected chi connectivity index (χ4v) is 1.51. The number of hydrogen-bond donors (Lipinski definition) is 3. The maximum Gasteiger partial charge on any atom is 0.143 e. The van der Waals surface area contributed by atoms with Gasteiger partial charge in [-0.3, -0.25) is 0 Å². The summed E-state index contributed by atoms with van der Waals surface area (Å²) < 4.78 is 0. The Hall–Kier alpha value is -0.420. The maximum atomic E-state index is 8.41. The summed E-state index contributed by atoms with van der Waals surface area (Å²) in [5.41, 5.74) is 5.44. The molecule has 0 aliphatic heterocycles. The molecule has 0 aliphatic rings. The van der Waals surface area contributed by atoms with Gasteiger partial charge in [-0.25, -0.2) is 0 Å². The second-order valence-electron chi connectivity index (χ2n) is 3.33. The summed E-state index contributed by atoms with van der Waals surface area (Å²) in [7, 11) is 0. The first-order valence-corrected chi connectivity index (χ1v) is 6.28. The minimum absolute atomic E-state index is 0.0977. The quantitative estimate of drug-likeness (QED) is 0.188. The Labute approximate surface area is 90.3 Å². The molecule has 0 radical (unpaired) electrons. The van der Waals surface area contributed by atoms with Crippen molar-refractivity contribution in [2.45, 2.75) is 19.8 Å². The first-order valence-electron chi connectivity index (χ1n) is 4.89. The van der Waals surface area contributed by atoms with Gasteiger partial charge in [0.25, 0.3) is 0 Å². The van der Waals surface area contributed by atoms with Gasteiger partial charge in [0.1, 0.15) is 5.84 Å². The van der Waals surface area contributed by atoms with E-state index >= 15 is 0 Å². The predicted octanol–water partition coefficient (Wildman–Crippen LogP) is 1.10. The van der Waals surface area contributed by atoms with Crippen molar-refractivity contribution in [2.75, 3.05) is 25.1 Å². The Morgan fingerprint density at radius 3 is 2.86 bits per heavy atom. The molecule has 0 rings (SSSR count). The van der Waals surface area contributed by atoms with Crippen LogP contribution in [0.25, 0.3) is 0 Å². The van der Waals surface area contributed by atoms with Crippen molar-refractivity contribution in [1.82, 2.24) is 5.32 Å². The van der Waals surface area contributed by atoms with Gasteiger partial charge < -0.3 is 16.3 Å². The highest BCUT2D eigenvalue weighted by atomic mass is 32.2. The van der Waals surface area contributed by atoms with E-state index in [2.05, 4.69) is 16.7 Å². The highest BCUT2D eigenvalue weighted by Gasteiger charge is 2.05. The van der Waals surface area contributed by atoms with E-state index in [1.807, 2.05) is 18.7 Å². The second kappa shape index (κ2) is 9.15. The van der Waals surface area contributed by atoms with Crippen LogP contribution >= 0.6 is 11.8 Å². The average Bonchev–Trinajstić information content (AvgIpc) is 2.21. The van der Waals surface area contributed by atoms with Crippen LogP contribution in [0, 0.1) is 5.92 Å². The van der Waals surface area contributed by atoms with Crippen molar-refractivity contribution in [3.8, 4) is 0 Å². The Balaban J connectivity index is 3.27. The molecule has 0 aromatic carbocycles. The Kier molecular flexibility index (Phi) is 8.87.